The van der Waals surface area contributed by atoms with Gasteiger partial charge in [0.15, 0.2) is 5.96 Å². The smallest absolute Gasteiger partial charge is 0.325 e. The summed E-state index contributed by atoms with van der Waals surface area (Å²) in [5.41, 5.74) is 12.2. The first-order valence-corrected chi connectivity index (χ1v) is 29.7. The number of carbonyl (C=O) groups is 12. The quantitative estimate of drug-likeness (QED) is 0.0143. The van der Waals surface area contributed by atoms with Gasteiger partial charge < -0.3 is 116 Å². The fraction of sp³-hybridized carbons (Fsp3) is 0.600. The van der Waals surface area contributed by atoms with Gasteiger partial charge in [-0.25, -0.2) is 15.0 Å². The van der Waals surface area contributed by atoms with Crippen LogP contribution in [0.2, 0.25) is 0 Å². The molecule has 3 heterocycles. The van der Waals surface area contributed by atoms with Crippen LogP contribution in [-0.2, 0) is 76.8 Å². The Kier molecular flexibility index (Phi) is 31.9. The fourth-order valence-corrected chi connectivity index (χ4v) is 8.63. The zero-order valence-corrected chi connectivity index (χ0v) is 52.7. The van der Waals surface area contributed by atoms with Gasteiger partial charge in [-0.1, -0.05) is 27.7 Å². The summed E-state index contributed by atoms with van der Waals surface area (Å²) in [6, 6.07) is -18.7. The van der Waals surface area contributed by atoms with E-state index in [1.54, 1.807) is 27.7 Å². The molecular weight excluding hydrogens is 1230 g/mol. The topological polar surface area (TPSA) is 612 Å². The number of nitrogens with one attached hydrogen (secondary N) is 16. The fourth-order valence-electron chi connectivity index (χ4n) is 8.63. The van der Waals surface area contributed by atoms with Gasteiger partial charge in [0.1, 0.15) is 66.5 Å². The second kappa shape index (κ2) is 38.3. The Balaban J connectivity index is 1.83. The molecule has 93 heavy (non-hydrogen) atoms. The molecule has 0 fully saturated rings. The van der Waals surface area contributed by atoms with E-state index in [9.17, 15) is 83.1 Å². The highest BCUT2D eigenvalue weighted by Gasteiger charge is 2.38. The minimum atomic E-state index is -1.87. The van der Waals surface area contributed by atoms with Crippen LogP contribution in [0, 0.1) is 17.2 Å². The van der Waals surface area contributed by atoms with Crippen LogP contribution in [0.5, 0.6) is 0 Å². The van der Waals surface area contributed by atoms with E-state index in [0.717, 1.165) is 13.8 Å². The van der Waals surface area contributed by atoms with Crippen molar-refractivity contribution in [3.8, 4) is 0 Å². The van der Waals surface area contributed by atoms with E-state index < -0.39 is 175 Å². The largest absolute Gasteiger partial charge is 0.480 e. The van der Waals surface area contributed by atoms with E-state index in [1.807, 2.05) is 0 Å². The van der Waals surface area contributed by atoms with Crippen molar-refractivity contribution < 1.29 is 83.1 Å². The van der Waals surface area contributed by atoms with E-state index in [4.69, 9.17) is 16.9 Å². The maximum atomic E-state index is 14.3. The lowest BCUT2D eigenvalue weighted by molar-refractivity contribution is -0.142. The van der Waals surface area contributed by atoms with E-state index >= 15 is 0 Å². The number of hydrogen-bond donors (Lipinski definition) is 23. The van der Waals surface area contributed by atoms with E-state index in [-0.39, 0.29) is 68.3 Å². The molecule has 0 aromatic carbocycles. The Bertz CT molecular complexity index is 2960. The predicted octanol–water partition coefficient (Wildman–Crippen LogP) is -8.62. The van der Waals surface area contributed by atoms with Crippen molar-refractivity contribution in [3.63, 3.8) is 0 Å². The van der Waals surface area contributed by atoms with E-state index in [1.165, 1.54) is 51.4 Å². The Morgan fingerprint density at radius 3 is 1.20 bits per heavy atom. The molecule has 38 heteroatoms. The van der Waals surface area contributed by atoms with Crippen molar-refractivity contribution >= 4 is 76.9 Å². The third-order valence-corrected chi connectivity index (χ3v) is 14.0. The molecule has 0 aliphatic heterocycles. The number of carboxylic acids is 1. The highest BCUT2D eigenvalue weighted by Crippen LogP contribution is 2.11. The molecule has 3 rings (SSSR count). The summed E-state index contributed by atoms with van der Waals surface area (Å²) in [5.74, 6) is -13.8. The Morgan fingerprint density at radius 2 is 0.817 bits per heavy atom. The maximum absolute atomic E-state index is 14.3. The Morgan fingerprint density at radius 1 is 0.473 bits per heavy atom. The van der Waals surface area contributed by atoms with E-state index in [2.05, 4.69) is 93.7 Å². The third kappa shape index (κ3) is 26.2. The molecule has 516 valence electrons. The summed E-state index contributed by atoms with van der Waals surface area (Å²) < 4.78 is 0. The molecule has 3 aromatic rings. The molecular formula is C55H89N21O17. The zero-order chi connectivity index (χ0) is 69.8. The summed E-state index contributed by atoms with van der Waals surface area (Å²) in [6.45, 7) is 9.22. The minimum Gasteiger partial charge on any atom is -0.480 e. The molecule has 3 aromatic heterocycles. The molecule has 0 saturated heterocycles. The third-order valence-electron chi connectivity index (χ3n) is 14.0. The Hall–Kier alpha value is -9.66. The lowest BCUT2D eigenvalue weighted by Gasteiger charge is -2.28. The monoisotopic (exact) mass is 1320 g/mol. The number of aliphatic hydroxyl groups is 4. The maximum Gasteiger partial charge on any atom is 0.325 e. The predicted molar refractivity (Wildman–Crippen MR) is 326 cm³/mol. The second-order valence-corrected chi connectivity index (χ2v) is 22.7. The molecule has 38 nitrogen and oxygen atoms in total. The number of nitrogens with zero attached hydrogens (tertiary/aromatic N) is 3. The number of aliphatic carboxylic acids is 1. The first-order chi connectivity index (χ1) is 43.8. The molecule has 25 N–H and O–H groups in total. The molecule has 0 saturated carbocycles. The zero-order valence-electron chi connectivity index (χ0n) is 52.7. The lowest BCUT2D eigenvalue weighted by atomic mass is 10.0. The summed E-state index contributed by atoms with van der Waals surface area (Å²) in [4.78, 5) is 183. The van der Waals surface area contributed by atoms with Crippen LogP contribution in [0.1, 0.15) is 91.7 Å². The van der Waals surface area contributed by atoms with Gasteiger partial charge in [-0.2, -0.15) is 0 Å². The number of imidazole rings is 3. The van der Waals surface area contributed by atoms with Crippen molar-refractivity contribution in [2.24, 2.45) is 23.3 Å². The van der Waals surface area contributed by atoms with Gasteiger partial charge in [-0.3, -0.25) is 62.9 Å². The summed E-state index contributed by atoms with van der Waals surface area (Å²) in [5, 5.41) is 87.4. The molecule has 14 atom stereocenters. The highest BCUT2D eigenvalue weighted by molar-refractivity contribution is 5.99. The van der Waals surface area contributed by atoms with Crippen LogP contribution < -0.4 is 75.3 Å². The molecule has 0 radical (unpaired) electrons. The van der Waals surface area contributed by atoms with Crippen LogP contribution in [0.4, 0.5) is 0 Å². The second-order valence-electron chi connectivity index (χ2n) is 22.7. The number of amides is 11. The molecule has 0 unspecified atom stereocenters. The number of nitrogens with two attached hydrogens (primary N) is 2. The average molecular weight is 1320 g/mol. The molecule has 0 aliphatic rings. The number of carboxylic acid groups (broad SMARTS) is 1. The van der Waals surface area contributed by atoms with Gasteiger partial charge in [0.05, 0.1) is 67.5 Å². The first-order valence-electron chi connectivity index (χ1n) is 29.7. The van der Waals surface area contributed by atoms with Gasteiger partial charge in [-0.05, 0) is 58.8 Å². The van der Waals surface area contributed by atoms with Gasteiger partial charge in [0, 0.05) is 44.4 Å². The van der Waals surface area contributed by atoms with Crippen LogP contribution in [0.15, 0.2) is 37.6 Å². The summed E-state index contributed by atoms with van der Waals surface area (Å²) >= 11 is 0. The number of aliphatic hydroxyl groups excluding tert-OH is 4. The summed E-state index contributed by atoms with van der Waals surface area (Å²) in [7, 11) is 0. The first kappa shape index (κ1) is 77.6. The number of aromatic nitrogens is 6. The number of H-pyrrole nitrogens is 3. The number of rotatable bonds is 40. The van der Waals surface area contributed by atoms with Crippen molar-refractivity contribution in [1.82, 2.24) is 93.7 Å². The van der Waals surface area contributed by atoms with Crippen LogP contribution in [-0.4, -0.2) is 237 Å². The minimum absolute atomic E-state index is 0.0181. The van der Waals surface area contributed by atoms with Crippen LogP contribution >= 0.6 is 0 Å². The number of hydrogen-bond acceptors (Lipinski definition) is 21. The molecule has 0 bridgehead atoms. The lowest BCUT2D eigenvalue weighted by Crippen LogP contribution is -2.62. The molecule has 0 spiro atoms. The average Bonchev–Trinajstić information content (AvgIpc) is 2.49. The number of aromatic amines is 3. The van der Waals surface area contributed by atoms with Crippen molar-refractivity contribution in [2.75, 3.05) is 19.8 Å². The normalized spacial score (nSPS) is 15.8. The van der Waals surface area contributed by atoms with Gasteiger partial charge in [0.2, 0.25) is 65.0 Å². The van der Waals surface area contributed by atoms with Gasteiger partial charge in [0.25, 0.3) is 0 Å². The standard InChI is InChI=1S/C55H89N21O17/c1-24(2)12-34(47(85)75-41(28(7)79)52(90)67-27(6)54(92)93)69-46(84)36(14-31-17-60-22-64-31)71-50(88)38(19-77)73-43(81)26(5)66-45(83)35(13-30-16-59-21-63-30)70-44(82)33(10-9-11-62-55(57)58)68-49(87)39(20-78)74-53(91)42(29(8)80)76-48(86)37(15-32-18-61-23-65-32)72-51(89)40(56)25(3)4/h16-18,21-29,33-42,77-80H,9-15,19-20,56H2,1-8H3,(H,59,63)(H,60,64)(H,61,65)(H,66,83)(H,67,90)(H,68,87)(H,69,84)(H,70,82)(H,71,88)(H,72,89)(H,73,81)(H,74,91)(H,75,85)(H,76,86)(H,92,93)(H4,57,58,62)/t26-,27-,28+,29+,33-,34-,35-,36-,37-,38-,39-,40-,41-,42-/m1/s1. The highest BCUT2D eigenvalue weighted by atomic mass is 16.4. The number of carbonyl (C=O) groups excluding carboxylic acids is 11. The SMILES string of the molecule is CC(C)C[C@@H](NC(=O)[C@@H](Cc1c[nH]cn1)NC(=O)[C@@H](CO)NC(=O)[C@@H](C)NC(=O)[C@@H](Cc1c[nH]cn1)NC(=O)[C@@H](CCCNC(=N)N)NC(=O)[C@@H](CO)NC(=O)[C@H](NC(=O)[C@@H](Cc1c[nH]cn1)NC(=O)[C@H](N)C(C)C)[C@H](C)O)C(=O)N[C@@H](C(=O)N[C@H](C)C(=O)O)[C@H](C)O. The van der Waals surface area contributed by atoms with Crippen molar-refractivity contribution in [1.29, 1.82) is 5.41 Å². The van der Waals surface area contributed by atoms with Crippen LogP contribution in [0.25, 0.3) is 0 Å². The summed E-state index contributed by atoms with van der Waals surface area (Å²) in [6.07, 6.45) is 3.75. The van der Waals surface area contributed by atoms with Gasteiger partial charge >= 0.3 is 5.97 Å². The molecule has 0 aliphatic carbocycles. The van der Waals surface area contributed by atoms with E-state index in [0.29, 0.717) is 5.69 Å². The van der Waals surface area contributed by atoms with Gasteiger partial charge in [-0.15, -0.1) is 0 Å². The number of guanidine groups is 1. The van der Waals surface area contributed by atoms with Crippen molar-refractivity contribution in [2.45, 2.75) is 179 Å². The van der Waals surface area contributed by atoms with Crippen LogP contribution in [0.3, 0.4) is 0 Å². The molecule has 11 amide bonds. The Labute approximate surface area is 533 Å². The van der Waals surface area contributed by atoms with Crippen molar-refractivity contribution in [3.05, 3.63) is 54.7 Å².